The van der Waals surface area contributed by atoms with Crippen molar-refractivity contribution in [3.63, 3.8) is 0 Å². The number of Topliss-reactive ketones (excluding diaryl/α,β-unsaturated/α-hetero) is 2. The summed E-state index contributed by atoms with van der Waals surface area (Å²) in [5, 5.41) is 0. The van der Waals surface area contributed by atoms with Crippen LogP contribution in [0.15, 0.2) is 24.3 Å². The average molecular weight is 306 g/mol. The number of ketones is 2. The first-order valence-electron chi connectivity index (χ1n) is 7.30. The van der Waals surface area contributed by atoms with E-state index in [-0.39, 0.29) is 37.4 Å². The number of carbonyl (C=O) groups excluding carboxylic acids is 3. The van der Waals surface area contributed by atoms with Crippen LogP contribution in [0.1, 0.15) is 32.3 Å². The zero-order valence-electron chi connectivity index (χ0n) is 13.3. The fraction of sp³-hybridized carbons (Fsp3) is 0.471. The smallest absolute Gasteiger partial charge is 0.316 e. The van der Waals surface area contributed by atoms with Crippen LogP contribution in [0.25, 0.3) is 0 Å². The first-order chi connectivity index (χ1) is 10.5. The summed E-state index contributed by atoms with van der Waals surface area (Å²) in [5.74, 6) is -1.19. The van der Waals surface area contributed by atoms with Crippen LogP contribution in [0.3, 0.4) is 0 Å². The van der Waals surface area contributed by atoms with Gasteiger partial charge >= 0.3 is 5.97 Å². The fourth-order valence-electron chi connectivity index (χ4n) is 2.14. The molecule has 1 aromatic rings. The number of ether oxygens (including phenoxy) is 2. The number of rotatable bonds is 9. The number of benzene rings is 1. The van der Waals surface area contributed by atoms with Crippen LogP contribution in [0, 0.1) is 5.92 Å². The van der Waals surface area contributed by atoms with Crippen molar-refractivity contribution in [1.82, 2.24) is 0 Å². The van der Waals surface area contributed by atoms with E-state index in [1.165, 1.54) is 14.0 Å². The molecule has 0 aliphatic heterocycles. The topological polar surface area (TPSA) is 69.7 Å². The molecule has 0 aromatic heterocycles. The van der Waals surface area contributed by atoms with E-state index in [0.717, 1.165) is 5.56 Å². The average Bonchev–Trinajstić information content (AvgIpc) is 2.50. The Morgan fingerprint density at radius 2 is 1.82 bits per heavy atom. The maximum atomic E-state index is 12.3. The van der Waals surface area contributed by atoms with Gasteiger partial charge in [-0.05, 0) is 31.9 Å². The fourth-order valence-corrected chi connectivity index (χ4v) is 2.14. The molecule has 1 unspecified atom stereocenters. The van der Waals surface area contributed by atoms with Gasteiger partial charge < -0.3 is 14.3 Å². The van der Waals surface area contributed by atoms with Crippen LogP contribution in [0.5, 0.6) is 5.75 Å². The molecule has 1 aromatic carbocycles. The first-order valence-corrected chi connectivity index (χ1v) is 7.30. The van der Waals surface area contributed by atoms with Crippen molar-refractivity contribution in [1.29, 1.82) is 0 Å². The van der Waals surface area contributed by atoms with E-state index in [1.807, 2.05) is 18.2 Å². The summed E-state index contributed by atoms with van der Waals surface area (Å²) in [6.45, 7) is 3.33. The minimum Gasteiger partial charge on any atom is -0.496 e. The summed E-state index contributed by atoms with van der Waals surface area (Å²) in [6.07, 6.45) is 0.397. The first kappa shape index (κ1) is 17.9. The lowest BCUT2D eigenvalue weighted by Crippen LogP contribution is -2.28. The van der Waals surface area contributed by atoms with Crippen LogP contribution < -0.4 is 4.74 Å². The van der Waals surface area contributed by atoms with Gasteiger partial charge in [0.2, 0.25) is 0 Å². The van der Waals surface area contributed by atoms with E-state index in [2.05, 4.69) is 0 Å². The number of methoxy groups -OCH3 is 1. The molecule has 120 valence electrons. The van der Waals surface area contributed by atoms with Crippen LogP contribution in [0.4, 0.5) is 0 Å². The second-order valence-electron chi connectivity index (χ2n) is 4.99. The highest BCUT2D eigenvalue weighted by atomic mass is 16.5. The number of carbonyl (C=O) groups is 3. The summed E-state index contributed by atoms with van der Waals surface area (Å²) in [5.41, 5.74) is 0.763. The van der Waals surface area contributed by atoms with Gasteiger partial charge in [0.25, 0.3) is 0 Å². The maximum Gasteiger partial charge on any atom is 0.316 e. The lowest BCUT2D eigenvalue weighted by Gasteiger charge is -2.16. The van der Waals surface area contributed by atoms with Gasteiger partial charge in [-0.2, -0.15) is 0 Å². The van der Waals surface area contributed by atoms with E-state index < -0.39 is 11.9 Å². The predicted octanol–water partition coefficient (Wildman–Crippen LogP) is 2.36. The molecule has 0 aliphatic rings. The molecule has 0 heterocycles. The SMILES string of the molecule is CCOC(=O)C(Cc1ccccc1OC)C(=O)CCC(C)=O. The normalized spacial score (nSPS) is 11.6. The zero-order chi connectivity index (χ0) is 16.5. The van der Waals surface area contributed by atoms with Crippen LogP contribution >= 0.6 is 0 Å². The standard InChI is InChI=1S/C17H22O5/c1-4-22-17(20)14(15(19)10-9-12(2)18)11-13-7-5-6-8-16(13)21-3/h5-8,14H,4,9-11H2,1-3H3. The van der Waals surface area contributed by atoms with Crippen LogP contribution in [-0.2, 0) is 25.5 Å². The third-order valence-corrected chi connectivity index (χ3v) is 3.30. The van der Waals surface area contributed by atoms with Crippen LogP contribution in [0.2, 0.25) is 0 Å². The van der Waals surface area contributed by atoms with Gasteiger partial charge in [0.05, 0.1) is 13.7 Å². The molecule has 0 saturated carbocycles. The van der Waals surface area contributed by atoms with Crippen molar-refractivity contribution < 1.29 is 23.9 Å². The van der Waals surface area contributed by atoms with Crippen molar-refractivity contribution in [2.24, 2.45) is 5.92 Å². The lowest BCUT2D eigenvalue weighted by atomic mass is 9.92. The second-order valence-corrected chi connectivity index (χ2v) is 4.99. The van der Waals surface area contributed by atoms with Gasteiger partial charge in [-0.3, -0.25) is 9.59 Å². The lowest BCUT2D eigenvalue weighted by molar-refractivity contribution is -0.151. The molecule has 0 bridgehead atoms. The molecule has 1 atom stereocenters. The highest BCUT2D eigenvalue weighted by Gasteiger charge is 2.28. The third kappa shape index (κ3) is 5.31. The third-order valence-electron chi connectivity index (χ3n) is 3.30. The quantitative estimate of drug-likeness (QED) is 0.517. The molecule has 0 saturated heterocycles. The molecule has 0 amide bonds. The Hall–Kier alpha value is -2.17. The van der Waals surface area contributed by atoms with Crippen molar-refractivity contribution in [3.8, 4) is 5.75 Å². The Morgan fingerprint density at radius 1 is 1.14 bits per heavy atom. The monoisotopic (exact) mass is 306 g/mol. The largest absolute Gasteiger partial charge is 0.496 e. The van der Waals surface area contributed by atoms with E-state index in [1.54, 1.807) is 13.0 Å². The summed E-state index contributed by atoms with van der Waals surface area (Å²) in [6, 6.07) is 7.22. The number of para-hydroxylation sites is 1. The van der Waals surface area contributed by atoms with Gasteiger partial charge in [0.15, 0.2) is 0 Å². The molecule has 0 fully saturated rings. The molecule has 22 heavy (non-hydrogen) atoms. The summed E-state index contributed by atoms with van der Waals surface area (Å²) in [7, 11) is 1.54. The molecule has 5 heteroatoms. The Kier molecular flexibility index (Phi) is 7.29. The Balaban J connectivity index is 2.92. The van der Waals surface area contributed by atoms with Gasteiger partial charge in [-0.1, -0.05) is 18.2 Å². The molecule has 1 rings (SSSR count). The molecule has 0 spiro atoms. The Morgan fingerprint density at radius 3 is 2.41 bits per heavy atom. The molecule has 0 N–H and O–H groups in total. The van der Waals surface area contributed by atoms with E-state index in [9.17, 15) is 14.4 Å². The second kappa shape index (κ2) is 8.97. The maximum absolute atomic E-state index is 12.3. The van der Waals surface area contributed by atoms with Crippen LogP contribution in [-0.4, -0.2) is 31.3 Å². The highest BCUT2D eigenvalue weighted by Crippen LogP contribution is 2.23. The van der Waals surface area contributed by atoms with Gasteiger partial charge in [0.1, 0.15) is 23.2 Å². The summed E-state index contributed by atoms with van der Waals surface area (Å²) < 4.78 is 10.2. The molecule has 0 radical (unpaired) electrons. The van der Waals surface area contributed by atoms with E-state index in [4.69, 9.17) is 9.47 Å². The van der Waals surface area contributed by atoms with Gasteiger partial charge in [0, 0.05) is 12.8 Å². The van der Waals surface area contributed by atoms with E-state index in [0.29, 0.717) is 5.75 Å². The number of esters is 1. The molecular weight excluding hydrogens is 284 g/mol. The zero-order valence-corrected chi connectivity index (χ0v) is 13.3. The highest BCUT2D eigenvalue weighted by molar-refractivity contribution is 6.00. The number of hydrogen-bond acceptors (Lipinski definition) is 5. The van der Waals surface area contributed by atoms with Gasteiger partial charge in [-0.25, -0.2) is 0 Å². The minimum atomic E-state index is -0.907. The van der Waals surface area contributed by atoms with Crippen molar-refractivity contribution in [2.45, 2.75) is 33.1 Å². The summed E-state index contributed by atoms with van der Waals surface area (Å²) in [4.78, 5) is 35.4. The molecule has 5 nitrogen and oxygen atoms in total. The predicted molar refractivity (Wildman–Crippen MR) is 81.7 cm³/mol. The van der Waals surface area contributed by atoms with E-state index >= 15 is 0 Å². The minimum absolute atomic E-state index is 0.0496. The molecule has 0 aliphatic carbocycles. The van der Waals surface area contributed by atoms with Crippen molar-refractivity contribution >= 4 is 17.5 Å². The summed E-state index contributed by atoms with van der Waals surface area (Å²) >= 11 is 0. The molecular formula is C17H22O5. The van der Waals surface area contributed by atoms with Crippen molar-refractivity contribution in [2.75, 3.05) is 13.7 Å². The van der Waals surface area contributed by atoms with Crippen molar-refractivity contribution in [3.05, 3.63) is 29.8 Å². The number of hydrogen-bond donors (Lipinski definition) is 0. The Labute approximate surface area is 130 Å². The Bertz CT molecular complexity index is 536. The van der Waals surface area contributed by atoms with Gasteiger partial charge in [-0.15, -0.1) is 0 Å².